The van der Waals surface area contributed by atoms with Gasteiger partial charge in [0.25, 0.3) is 0 Å². The third-order valence-electron chi connectivity index (χ3n) is 3.36. The molecule has 1 heterocycles. The standard InChI is InChI=1S/C18H22N6O2/c1-5-8-26-15-10-12(6-7-14(15)25-4)9-13(11-19)16-21-17(20)23-18(22-16)24(2)3/h6-7,9-10H,5,8H2,1-4H3,(H2,20,21,22,23)/b13-9+. The molecule has 0 bridgehead atoms. The van der Waals surface area contributed by atoms with E-state index in [4.69, 9.17) is 15.2 Å². The number of methoxy groups -OCH3 is 1. The fourth-order valence-electron chi connectivity index (χ4n) is 2.12. The molecule has 0 amide bonds. The van der Waals surface area contributed by atoms with Crippen LogP contribution < -0.4 is 20.1 Å². The predicted octanol–water partition coefficient (Wildman–Crippen LogP) is 2.38. The highest BCUT2D eigenvalue weighted by atomic mass is 16.5. The minimum atomic E-state index is 0.0570. The normalized spacial score (nSPS) is 11.0. The van der Waals surface area contributed by atoms with Gasteiger partial charge in [-0.3, -0.25) is 0 Å². The molecule has 1 aromatic carbocycles. The summed E-state index contributed by atoms with van der Waals surface area (Å²) in [7, 11) is 5.16. The van der Waals surface area contributed by atoms with E-state index in [1.807, 2.05) is 19.1 Å². The molecular formula is C18H22N6O2. The lowest BCUT2D eigenvalue weighted by molar-refractivity contribution is 0.294. The Kier molecular flexibility index (Phi) is 6.33. The summed E-state index contributed by atoms with van der Waals surface area (Å²) in [6.45, 7) is 2.60. The van der Waals surface area contributed by atoms with Gasteiger partial charge in [-0.2, -0.15) is 20.2 Å². The third kappa shape index (κ3) is 4.60. The molecule has 0 spiro atoms. The van der Waals surface area contributed by atoms with Gasteiger partial charge in [-0.25, -0.2) is 0 Å². The van der Waals surface area contributed by atoms with Crippen LogP contribution >= 0.6 is 0 Å². The molecule has 0 radical (unpaired) electrons. The Labute approximate surface area is 152 Å². The van der Waals surface area contributed by atoms with Crippen LogP contribution in [-0.4, -0.2) is 42.8 Å². The Morgan fingerprint density at radius 3 is 2.65 bits per heavy atom. The third-order valence-corrected chi connectivity index (χ3v) is 3.36. The van der Waals surface area contributed by atoms with Crippen LogP contribution in [0.1, 0.15) is 24.7 Å². The number of nitrogen functional groups attached to an aromatic ring is 1. The first-order chi connectivity index (χ1) is 12.5. The van der Waals surface area contributed by atoms with E-state index < -0.39 is 0 Å². The molecule has 0 saturated carbocycles. The van der Waals surface area contributed by atoms with Crippen LogP contribution in [0.2, 0.25) is 0 Å². The molecule has 2 rings (SSSR count). The first-order valence-corrected chi connectivity index (χ1v) is 8.10. The van der Waals surface area contributed by atoms with Crippen LogP contribution in [-0.2, 0) is 0 Å². The number of nitrogens with zero attached hydrogens (tertiary/aromatic N) is 5. The van der Waals surface area contributed by atoms with Crippen molar-refractivity contribution in [3.63, 3.8) is 0 Å². The maximum Gasteiger partial charge on any atom is 0.230 e. The molecule has 136 valence electrons. The van der Waals surface area contributed by atoms with Gasteiger partial charge in [0.1, 0.15) is 6.07 Å². The highest BCUT2D eigenvalue weighted by Gasteiger charge is 2.12. The largest absolute Gasteiger partial charge is 0.493 e. The van der Waals surface area contributed by atoms with Crippen molar-refractivity contribution in [2.75, 3.05) is 38.4 Å². The number of aromatic nitrogens is 3. The lowest BCUT2D eigenvalue weighted by Crippen LogP contribution is -2.15. The van der Waals surface area contributed by atoms with Gasteiger partial charge in [0.15, 0.2) is 17.3 Å². The van der Waals surface area contributed by atoms with E-state index >= 15 is 0 Å². The zero-order valence-corrected chi connectivity index (χ0v) is 15.4. The number of hydrogen-bond donors (Lipinski definition) is 1. The van der Waals surface area contributed by atoms with Crippen molar-refractivity contribution in [3.8, 4) is 17.6 Å². The molecule has 8 heteroatoms. The summed E-state index contributed by atoms with van der Waals surface area (Å²) in [4.78, 5) is 14.1. The summed E-state index contributed by atoms with van der Waals surface area (Å²) >= 11 is 0. The number of anilines is 2. The fraction of sp³-hybridized carbons (Fsp3) is 0.333. The fourth-order valence-corrected chi connectivity index (χ4v) is 2.12. The molecule has 0 atom stereocenters. The van der Waals surface area contributed by atoms with Crippen molar-refractivity contribution in [3.05, 3.63) is 29.6 Å². The quantitative estimate of drug-likeness (QED) is 0.755. The van der Waals surface area contributed by atoms with E-state index in [-0.39, 0.29) is 17.3 Å². The van der Waals surface area contributed by atoms with Crippen molar-refractivity contribution in [2.24, 2.45) is 0 Å². The average molecular weight is 354 g/mol. The molecule has 0 aliphatic rings. The second-order valence-corrected chi connectivity index (χ2v) is 5.64. The van der Waals surface area contributed by atoms with E-state index in [0.717, 1.165) is 12.0 Å². The van der Waals surface area contributed by atoms with Crippen LogP contribution in [0.15, 0.2) is 18.2 Å². The Balaban J connectivity index is 2.45. The zero-order valence-electron chi connectivity index (χ0n) is 15.4. The molecule has 8 nitrogen and oxygen atoms in total. The SMILES string of the molecule is CCCOc1cc(/C=C(\C#N)c2nc(N)nc(N(C)C)n2)ccc1OC. The Bertz CT molecular complexity index is 842. The molecule has 1 aromatic heterocycles. The smallest absolute Gasteiger partial charge is 0.230 e. The minimum Gasteiger partial charge on any atom is -0.493 e. The number of nitriles is 1. The Morgan fingerprint density at radius 2 is 2.04 bits per heavy atom. The lowest BCUT2D eigenvalue weighted by Gasteiger charge is -2.12. The van der Waals surface area contributed by atoms with Gasteiger partial charge in [-0.1, -0.05) is 13.0 Å². The number of hydrogen-bond acceptors (Lipinski definition) is 8. The number of rotatable bonds is 7. The lowest BCUT2D eigenvalue weighted by atomic mass is 10.1. The summed E-state index contributed by atoms with van der Waals surface area (Å²) in [5.74, 6) is 1.91. The van der Waals surface area contributed by atoms with Gasteiger partial charge in [0.2, 0.25) is 11.9 Å². The van der Waals surface area contributed by atoms with E-state index in [1.54, 1.807) is 38.2 Å². The zero-order chi connectivity index (χ0) is 19.1. The summed E-state index contributed by atoms with van der Waals surface area (Å²) < 4.78 is 11.0. The molecular weight excluding hydrogens is 332 g/mol. The molecule has 0 unspecified atom stereocenters. The van der Waals surface area contributed by atoms with Crippen LogP contribution in [0.5, 0.6) is 11.5 Å². The topological polar surface area (TPSA) is 110 Å². The monoisotopic (exact) mass is 354 g/mol. The summed E-state index contributed by atoms with van der Waals surface area (Å²) in [5, 5.41) is 9.54. The molecule has 2 N–H and O–H groups in total. The average Bonchev–Trinajstić information content (AvgIpc) is 2.63. The second-order valence-electron chi connectivity index (χ2n) is 5.64. The highest BCUT2D eigenvalue weighted by Crippen LogP contribution is 2.29. The highest BCUT2D eigenvalue weighted by molar-refractivity contribution is 5.87. The van der Waals surface area contributed by atoms with Gasteiger partial charge in [0.05, 0.1) is 19.3 Å². The number of benzene rings is 1. The maximum atomic E-state index is 9.54. The molecule has 2 aromatic rings. The van der Waals surface area contributed by atoms with Crippen LogP contribution in [0.4, 0.5) is 11.9 Å². The molecule has 0 aliphatic heterocycles. The molecule has 26 heavy (non-hydrogen) atoms. The van der Waals surface area contributed by atoms with Crippen molar-refractivity contribution >= 4 is 23.5 Å². The van der Waals surface area contributed by atoms with Crippen molar-refractivity contribution < 1.29 is 9.47 Å². The first-order valence-electron chi connectivity index (χ1n) is 8.10. The number of allylic oxidation sites excluding steroid dienone is 1. The van der Waals surface area contributed by atoms with Crippen LogP contribution in [0.25, 0.3) is 11.6 Å². The predicted molar refractivity (Wildman–Crippen MR) is 101 cm³/mol. The Morgan fingerprint density at radius 1 is 1.27 bits per heavy atom. The van der Waals surface area contributed by atoms with E-state index in [0.29, 0.717) is 24.1 Å². The van der Waals surface area contributed by atoms with Crippen LogP contribution in [0, 0.1) is 11.3 Å². The molecule has 0 saturated heterocycles. The van der Waals surface area contributed by atoms with Gasteiger partial charge in [-0.05, 0) is 30.2 Å². The Hall–Kier alpha value is -3.34. The second kappa shape index (κ2) is 8.67. The van der Waals surface area contributed by atoms with Crippen molar-refractivity contribution in [1.29, 1.82) is 5.26 Å². The summed E-state index contributed by atoms with van der Waals surface area (Å²) in [5.41, 5.74) is 6.77. The van der Waals surface area contributed by atoms with Crippen molar-refractivity contribution in [2.45, 2.75) is 13.3 Å². The van der Waals surface area contributed by atoms with E-state index in [9.17, 15) is 5.26 Å². The minimum absolute atomic E-state index is 0.0570. The summed E-state index contributed by atoms with van der Waals surface area (Å²) in [6, 6.07) is 7.54. The van der Waals surface area contributed by atoms with Gasteiger partial charge in [-0.15, -0.1) is 0 Å². The first kappa shape index (κ1) is 19.0. The number of nitrogens with two attached hydrogens (primary N) is 1. The number of ether oxygens (including phenoxy) is 2. The molecule has 0 aliphatic carbocycles. The van der Waals surface area contributed by atoms with E-state index in [1.165, 1.54) is 0 Å². The van der Waals surface area contributed by atoms with Crippen LogP contribution in [0.3, 0.4) is 0 Å². The van der Waals surface area contributed by atoms with Gasteiger partial charge in [0, 0.05) is 14.1 Å². The molecule has 0 fully saturated rings. The summed E-state index contributed by atoms with van der Waals surface area (Å²) in [6.07, 6.45) is 2.55. The van der Waals surface area contributed by atoms with Crippen molar-refractivity contribution in [1.82, 2.24) is 15.0 Å². The van der Waals surface area contributed by atoms with E-state index in [2.05, 4.69) is 21.0 Å². The van der Waals surface area contributed by atoms with Gasteiger partial charge >= 0.3 is 0 Å². The maximum absolute atomic E-state index is 9.54. The van der Waals surface area contributed by atoms with Gasteiger partial charge < -0.3 is 20.1 Å².